The van der Waals surface area contributed by atoms with E-state index in [0.717, 1.165) is 6.21 Å². The van der Waals surface area contributed by atoms with Crippen LogP contribution in [-0.2, 0) is 9.53 Å². The van der Waals surface area contributed by atoms with Gasteiger partial charge in [0.25, 0.3) is 6.43 Å². The van der Waals surface area contributed by atoms with Crippen LogP contribution < -0.4 is 0 Å². The van der Waals surface area contributed by atoms with E-state index in [9.17, 15) is 13.6 Å². The van der Waals surface area contributed by atoms with Gasteiger partial charge < -0.3 is 15.0 Å². The number of alkyl halides is 2. The molecule has 0 aromatic heterocycles. The number of hydrogen-bond donors (Lipinski definition) is 2. The van der Waals surface area contributed by atoms with Crippen LogP contribution in [0.15, 0.2) is 22.9 Å². The zero-order chi connectivity index (χ0) is 17.6. The predicted octanol–water partition coefficient (Wildman–Crippen LogP) is 2.84. The van der Waals surface area contributed by atoms with Gasteiger partial charge in [0.1, 0.15) is 17.5 Å². The van der Waals surface area contributed by atoms with Gasteiger partial charge in [-0.25, -0.2) is 8.78 Å². The Morgan fingerprint density at radius 2 is 2.29 bits per heavy atom. The van der Waals surface area contributed by atoms with Gasteiger partial charge in [0, 0.05) is 25.2 Å². The van der Waals surface area contributed by atoms with Crippen LogP contribution in [0.5, 0.6) is 0 Å². The molecule has 4 atom stereocenters. The highest BCUT2D eigenvalue weighted by Crippen LogP contribution is 2.51. The van der Waals surface area contributed by atoms with E-state index < -0.39 is 36.2 Å². The van der Waals surface area contributed by atoms with Crippen LogP contribution in [0.3, 0.4) is 0 Å². The molecule has 3 aliphatic rings. The van der Waals surface area contributed by atoms with Gasteiger partial charge in [-0.3, -0.25) is 10.2 Å². The first-order valence-electron chi connectivity index (χ1n) is 7.35. The van der Waals surface area contributed by atoms with E-state index in [1.54, 1.807) is 17.1 Å². The molecule has 0 saturated carbocycles. The average molecular weight is 378 g/mol. The minimum absolute atomic E-state index is 0.0826. The fourth-order valence-electron chi connectivity index (χ4n) is 3.30. The van der Waals surface area contributed by atoms with Crippen molar-refractivity contribution in [2.45, 2.75) is 6.43 Å². The lowest BCUT2D eigenvalue weighted by Crippen LogP contribution is -2.39. The van der Waals surface area contributed by atoms with E-state index in [4.69, 9.17) is 38.8 Å². The van der Waals surface area contributed by atoms with Crippen molar-refractivity contribution in [3.63, 3.8) is 0 Å². The van der Waals surface area contributed by atoms with Gasteiger partial charge in [0.05, 0.1) is 22.3 Å². The van der Waals surface area contributed by atoms with Gasteiger partial charge in [-0.1, -0.05) is 35.4 Å². The standard InChI is InChI=1S/C15H15Cl2F2N3O2/c16-11-10(12(11)24-5-9(18)19)7(3-20)4-22-6-15(14(17)21)2-1-8(15)13(22)23/h1-3,7-10,20-21H,4-6H2/t7?,8?,10-,15?/m1/s1. The van der Waals surface area contributed by atoms with Crippen molar-refractivity contribution in [1.82, 2.24) is 4.90 Å². The van der Waals surface area contributed by atoms with Crippen LogP contribution in [0.4, 0.5) is 8.78 Å². The van der Waals surface area contributed by atoms with Crippen molar-refractivity contribution < 1.29 is 18.3 Å². The summed E-state index contributed by atoms with van der Waals surface area (Å²) in [7, 11) is 0. The zero-order valence-corrected chi connectivity index (χ0v) is 14.0. The summed E-state index contributed by atoms with van der Waals surface area (Å²) in [6.45, 7) is -0.264. The Bertz CT molecular complexity index is 667. The molecular weight excluding hydrogens is 363 g/mol. The molecule has 0 radical (unpaired) electrons. The van der Waals surface area contributed by atoms with Crippen LogP contribution in [0, 0.1) is 34.0 Å². The quantitative estimate of drug-likeness (QED) is 0.503. The summed E-state index contributed by atoms with van der Waals surface area (Å²) in [6, 6.07) is 0. The molecule has 1 saturated heterocycles. The highest BCUT2D eigenvalue weighted by atomic mass is 35.5. The van der Waals surface area contributed by atoms with Crippen molar-refractivity contribution in [1.29, 1.82) is 10.8 Å². The lowest BCUT2D eigenvalue weighted by molar-refractivity contribution is -0.130. The largest absolute Gasteiger partial charge is 0.490 e. The van der Waals surface area contributed by atoms with Crippen molar-refractivity contribution in [3.05, 3.63) is 22.9 Å². The normalized spacial score (nSPS) is 31.9. The number of carbonyl (C=O) groups is 1. The maximum Gasteiger partial charge on any atom is 0.272 e. The molecule has 1 aliphatic heterocycles. The molecule has 9 heteroatoms. The molecule has 0 spiro atoms. The average Bonchev–Trinajstić information content (AvgIpc) is 3.08. The topological polar surface area (TPSA) is 77.2 Å². The van der Waals surface area contributed by atoms with Crippen LogP contribution >= 0.6 is 23.2 Å². The van der Waals surface area contributed by atoms with E-state index in [1.165, 1.54) is 0 Å². The molecule has 24 heavy (non-hydrogen) atoms. The molecule has 0 aromatic rings. The van der Waals surface area contributed by atoms with Crippen LogP contribution in [0.1, 0.15) is 0 Å². The second-order valence-corrected chi connectivity index (χ2v) is 6.92. The Balaban J connectivity index is 1.63. The number of nitrogens with zero attached hydrogens (tertiary/aromatic N) is 1. The molecule has 0 aromatic carbocycles. The van der Waals surface area contributed by atoms with Gasteiger partial charge in [-0.15, -0.1) is 0 Å². The Hall–Kier alpha value is -1.47. The summed E-state index contributed by atoms with van der Waals surface area (Å²) in [5, 5.41) is 15.5. The van der Waals surface area contributed by atoms with Gasteiger partial charge in [0.15, 0.2) is 0 Å². The van der Waals surface area contributed by atoms with Crippen LogP contribution in [0.2, 0.25) is 0 Å². The number of carbonyl (C=O) groups excluding carboxylic acids is 1. The summed E-state index contributed by atoms with van der Waals surface area (Å²) in [6.07, 6.45) is 2.02. The maximum absolute atomic E-state index is 12.4. The maximum atomic E-state index is 12.4. The third-order valence-electron chi connectivity index (χ3n) is 4.73. The monoisotopic (exact) mass is 377 g/mol. The minimum Gasteiger partial charge on any atom is -0.490 e. The molecule has 3 unspecified atom stereocenters. The van der Waals surface area contributed by atoms with Crippen molar-refractivity contribution >= 4 is 40.5 Å². The molecule has 1 fully saturated rings. The fraction of sp³-hybridized carbons (Fsp3) is 0.533. The first kappa shape index (κ1) is 17.4. The van der Waals surface area contributed by atoms with E-state index >= 15 is 0 Å². The van der Waals surface area contributed by atoms with Crippen molar-refractivity contribution in [3.8, 4) is 0 Å². The van der Waals surface area contributed by atoms with E-state index in [2.05, 4.69) is 0 Å². The van der Waals surface area contributed by atoms with Gasteiger partial charge in [0.2, 0.25) is 5.91 Å². The first-order chi connectivity index (χ1) is 11.3. The van der Waals surface area contributed by atoms with Crippen molar-refractivity contribution in [2.24, 2.45) is 23.2 Å². The number of halogens is 4. The lowest BCUT2D eigenvalue weighted by atomic mass is 9.70. The molecule has 2 N–H and O–H groups in total. The minimum atomic E-state index is -2.60. The number of fused-ring (bicyclic) bond motifs is 1. The first-order valence-corrected chi connectivity index (χ1v) is 8.11. The lowest BCUT2D eigenvalue weighted by Gasteiger charge is -2.33. The number of nitrogens with one attached hydrogen (secondary N) is 2. The summed E-state index contributed by atoms with van der Waals surface area (Å²) in [4.78, 5) is 14.0. The van der Waals surface area contributed by atoms with Gasteiger partial charge in [-0.05, 0) is 0 Å². The summed E-state index contributed by atoms with van der Waals surface area (Å²) >= 11 is 11.8. The Morgan fingerprint density at radius 3 is 2.75 bits per heavy atom. The molecule has 1 heterocycles. The molecule has 5 nitrogen and oxygen atoms in total. The Labute approximate surface area is 147 Å². The third kappa shape index (κ3) is 2.63. The molecule has 3 rings (SSSR count). The second kappa shape index (κ2) is 6.11. The number of ether oxygens (including phenoxy) is 1. The number of rotatable bonds is 8. The Kier molecular flexibility index (Phi) is 4.42. The highest BCUT2D eigenvalue weighted by Gasteiger charge is 2.57. The predicted molar refractivity (Wildman–Crippen MR) is 85.8 cm³/mol. The molecule has 2 aliphatic carbocycles. The van der Waals surface area contributed by atoms with E-state index in [1.807, 2.05) is 0 Å². The van der Waals surface area contributed by atoms with Crippen LogP contribution in [-0.4, -0.2) is 48.3 Å². The number of allylic oxidation sites excluding steroid dienone is 2. The van der Waals surface area contributed by atoms with Gasteiger partial charge >= 0.3 is 0 Å². The molecule has 0 bridgehead atoms. The Morgan fingerprint density at radius 1 is 1.58 bits per heavy atom. The summed E-state index contributed by atoms with van der Waals surface area (Å²) in [5.74, 6) is -1.22. The second-order valence-electron chi connectivity index (χ2n) is 6.13. The summed E-state index contributed by atoms with van der Waals surface area (Å²) in [5.41, 5.74) is -0.763. The van der Waals surface area contributed by atoms with Crippen molar-refractivity contribution in [2.75, 3.05) is 19.7 Å². The molecular formula is C15H15Cl2F2N3O2. The van der Waals surface area contributed by atoms with E-state index in [-0.39, 0.29) is 29.9 Å². The zero-order valence-electron chi connectivity index (χ0n) is 12.4. The molecule has 1 amide bonds. The fourth-order valence-corrected chi connectivity index (χ4v) is 3.92. The third-order valence-corrected chi connectivity index (χ3v) is 5.50. The van der Waals surface area contributed by atoms with E-state index in [0.29, 0.717) is 5.03 Å². The number of likely N-dealkylation sites (tertiary alicyclic amines) is 1. The van der Waals surface area contributed by atoms with Crippen LogP contribution in [0.25, 0.3) is 0 Å². The SMILES string of the molecule is N=CC(CN1CC2(C(=N)Cl)C=CC2C1=O)[C@@H]1C(Cl)=C1OCC(F)F. The number of amides is 1. The molecule has 130 valence electrons. The summed E-state index contributed by atoms with van der Waals surface area (Å²) < 4.78 is 29.4. The van der Waals surface area contributed by atoms with Gasteiger partial charge in [-0.2, -0.15) is 0 Å². The highest BCUT2D eigenvalue weighted by molar-refractivity contribution is 6.66. The smallest absolute Gasteiger partial charge is 0.272 e. The number of hydrogen-bond acceptors (Lipinski definition) is 4.